The van der Waals surface area contributed by atoms with Gasteiger partial charge in [-0.15, -0.1) is 0 Å². The summed E-state index contributed by atoms with van der Waals surface area (Å²) in [6, 6.07) is 8.16. The van der Waals surface area contributed by atoms with Gasteiger partial charge in [0.05, 0.1) is 16.7 Å². The van der Waals surface area contributed by atoms with Crippen molar-refractivity contribution in [2.75, 3.05) is 26.2 Å². The van der Waals surface area contributed by atoms with Crippen molar-refractivity contribution in [2.45, 2.75) is 18.2 Å². The minimum atomic E-state index is -3.60. The van der Waals surface area contributed by atoms with E-state index in [1.165, 1.54) is 15.5 Å². The summed E-state index contributed by atoms with van der Waals surface area (Å²) in [5.41, 5.74) is 0.812. The highest BCUT2D eigenvalue weighted by molar-refractivity contribution is 7.89. The molecule has 1 N–H and O–H groups in total. The average Bonchev–Trinajstić information content (AvgIpc) is 3.01. The molecule has 0 atom stereocenters. The first kappa shape index (κ1) is 19.1. The van der Waals surface area contributed by atoms with E-state index in [9.17, 15) is 18.0 Å². The maximum Gasteiger partial charge on any atom is 0.311 e. The molecule has 0 bridgehead atoms. The molecule has 0 unspecified atom stereocenters. The number of hydrogen-bond acceptors (Lipinski definition) is 5. The van der Waals surface area contributed by atoms with Crippen LogP contribution in [0.25, 0.3) is 0 Å². The molecule has 0 saturated carbocycles. The van der Waals surface area contributed by atoms with Crippen molar-refractivity contribution in [3.63, 3.8) is 0 Å². The number of aryl methyl sites for hydroxylation is 1. The lowest BCUT2D eigenvalue weighted by molar-refractivity contribution is -0.136. The van der Waals surface area contributed by atoms with Crippen LogP contribution in [0.2, 0.25) is 0 Å². The molecule has 0 aliphatic carbocycles. The number of carbonyl (C=O) groups excluding carboxylic acids is 1. The normalized spacial score (nSPS) is 15.7. The quantitative estimate of drug-likeness (QED) is 0.823. The molecular weight excluding hydrogens is 372 g/mol. The Morgan fingerprint density at radius 2 is 1.74 bits per heavy atom. The van der Waals surface area contributed by atoms with Gasteiger partial charge in [0.15, 0.2) is 0 Å². The van der Waals surface area contributed by atoms with E-state index < -0.39 is 16.0 Å². The van der Waals surface area contributed by atoms with Crippen LogP contribution in [0.3, 0.4) is 0 Å². The number of nitrogens with zero attached hydrogens (tertiary/aromatic N) is 2. The molecule has 1 aromatic carbocycles. The number of hydrogen-bond donors (Lipinski definition) is 1. The van der Waals surface area contributed by atoms with Crippen molar-refractivity contribution in [2.24, 2.45) is 0 Å². The van der Waals surface area contributed by atoms with Crippen molar-refractivity contribution in [3.05, 3.63) is 53.5 Å². The number of aliphatic carboxylic acids is 1. The van der Waals surface area contributed by atoms with Gasteiger partial charge in [0, 0.05) is 31.7 Å². The molecule has 144 valence electrons. The summed E-state index contributed by atoms with van der Waals surface area (Å²) in [6.07, 6.45) is 0.985. The van der Waals surface area contributed by atoms with Gasteiger partial charge in [0.25, 0.3) is 5.91 Å². The number of furan rings is 1. The van der Waals surface area contributed by atoms with E-state index in [1.54, 1.807) is 37.3 Å². The summed E-state index contributed by atoms with van der Waals surface area (Å²) in [7, 11) is -3.60. The maximum atomic E-state index is 12.8. The number of carboxylic acids is 1. The first-order valence-electron chi connectivity index (χ1n) is 8.44. The van der Waals surface area contributed by atoms with Gasteiger partial charge in [-0.2, -0.15) is 4.31 Å². The van der Waals surface area contributed by atoms with Crippen LogP contribution in [0.1, 0.15) is 21.7 Å². The third kappa shape index (κ3) is 3.88. The largest absolute Gasteiger partial charge is 0.481 e. The van der Waals surface area contributed by atoms with Gasteiger partial charge in [-0.05, 0) is 19.1 Å². The van der Waals surface area contributed by atoms with Gasteiger partial charge in [0.2, 0.25) is 10.0 Å². The lowest BCUT2D eigenvalue weighted by Crippen LogP contribution is -2.50. The third-order valence-electron chi connectivity index (χ3n) is 4.48. The Hall–Kier alpha value is -2.65. The first-order chi connectivity index (χ1) is 12.8. The summed E-state index contributed by atoms with van der Waals surface area (Å²) in [4.78, 5) is 25.5. The molecule has 2 aromatic rings. The van der Waals surface area contributed by atoms with Gasteiger partial charge in [-0.3, -0.25) is 9.59 Å². The third-order valence-corrected chi connectivity index (χ3v) is 6.40. The monoisotopic (exact) mass is 392 g/mol. The fourth-order valence-corrected chi connectivity index (χ4v) is 4.53. The van der Waals surface area contributed by atoms with E-state index in [2.05, 4.69) is 0 Å². The first-order valence-corrected chi connectivity index (χ1v) is 9.88. The molecule has 9 heteroatoms. The van der Waals surface area contributed by atoms with Crippen molar-refractivity contribution in [3.8, 4) is 0 Å². The summed E-state index contributed by atoms with van der Waals surface area (Å²) in [5.74, 6) is -1.31. The van der Waals surface area contributed by atoms with E-state index in [0.29, 0.717) is 5.56 Å². The molecule has 1 fully saturated rings. The summed E-state index contributed by atoms with van der Waals surface area (Å²) < 4.78 is 31.9. The van der Waals surface area contributed by atoms with Crippen molar-refractivity contribution in [1.82, 2.24) is 9.21 Å². The molecule has 1 aliphatic rings. The maximum absolute atomic E-state index is 12.8. The van der Waals surface area contributed by atoms with Crippen molar-refractivity contribution < 1.29 is 27.5 Å². The number of carbonyl (C=O) groups is 2. The Morgan fingerprint density at radius 3 is 2.33 bits per heavy atom. The molecule has 1 aliphatic heterocycles. The zero-order valence-electron chi connectivity index (χ0n) is 14.8. The molecule has 27 heavy (non-hydrogen) atoms. The van der Waals surface area contributed by atoms with Crippen LogP contribution in [-0.2, 0) is 21.2 Å². The number of carboxylic acid groups (broad SMARTS) is 1. The van der Waals surface area contributed by atoms with Crippen LogP contribution in [0.5, 0.6) is 0 Å². The number of benzene rings is 1. The Bertz CT molecular complexity index is 943. The average molecular weight is 392 g/mol. The van der Waals surface area contributed by atoms with Gasteiger partial charge in [0.1, 0.15) is 12.2 Å². The predicted molar refractivity (Wildman–Crippen MR) is 95.9 cm³/mol. The van der Waals surface area contributed by atoms with Crippen molar-refractivity contribution in [1.29, 1.82) is 0 Å². The van der Waals surface area contributed by atoms with E-state index in [1.807, 2.05) is 0 Å². The Kier molecular flexibility index (Phi) is 5.33. The zero-order chi connectivity index (χ0) is 19.6. The molecule has 0 radical (unpaired) electrons. The lowest BCUT2D eigenvalue weighted by atomic mass is 10.1. The number of amides is 1. The topological polar surface area (TPSA) is 108 Å². The summed E-state index contributed by atoms with van der Waals surface area (Å²) >= 11 is 0. The zero-order valence-corrected chi connectivity index (χ0v) is 15.6. The van der Waals surface area contributed by atoms with Gasteiger partial charge < -0.3 is 14.4 Å². The molecule has 0 spiro atoms. The smallest absolute Gasteiger partial charge is 0.311 e. The van der Waals surface area contributed by atoms with Crippen LogP contribution in [0, 0.1) is 6.92 Å². The summed E-state index contributed by atoms with van der Waals surface area (Å²) in [5, 5.41) is 8.97. The van der Waals surface area contributed by atoms with Crippen LogP contribution in [0.4, 0.5) is 0 Å². The molecular formula is C18H20N2O6S. The lowest BCUT2D eigenvalue weighted by Gasteiger charge is -2.34. The number of piperazine rings is 1. The Labute approximate surface area is 157 Å². The van der Waals surface area contributed by atoms with Crippen LogP contribution in [0.15, 0.2) is 45.9 Å². The van der Waals surface area contributed by atoms with Gasteiger partial charge in [-0.1, -0.05) is 18.2 Å². The molecule has 3 rings (SSSR count). The second-order valence-electron chi connectivity index (χ2n) is 6.30. The van der Waals surface area contributed by atoms with Crippen LogP contribution in [-0.4, -0.2) is 60.8 Å². The standard InChI is InChI=1S/C18H20N2O6S/c1-13-12-26-15(11-16(21)22)17(13)18(23)19-7-9-20(10-8-19)27(24,25)14-5-3-2-4-6-14/h2-6,12H,7-11H2,1H3,(H,21,22). The van der Waals surface area contributed by atoms with Crippen LogP contribution >= 0.6 is 0 Å². The molecule has 1 aromatic heterocycles. The van der Waals surface area contributed by atoms with E-state index in [-0.39, 0.29) is 54.7 Å². The van der Waals surface area contributed by atoms with Gasteiger partial charge in [-0.25, -0.2) is 8.42 Å². The fraction of sp³-hybridized carbons (Fsp3) is 0.333. The Morgan fingerprint density at radius 1 is 1.11 bits per heavy atom. The van der Waals surface area contributed by atoms with E-state index in [0.717, 1.165) is 0 Å². The van der Waals surface area contributed by atoms with E-state index >= 15 is 0 Å². The highest BCUT2D eigenvalue weighted by Gasteiger charge is 2.32. The predicted octanol–water partition coefficient (Wildman–Crippen LogP) is 1.36. The highest BCUT2D eigenvalue weighted by atomic mass is 32.2. The van der Waals surface area contributed by atoms with Crippen molar-refractivity contribution >= 4 is 21.9 Å². The molecule has 1 saturated heterocycles. The number of sulfonamides is 1. The Balaban J connectivity index is 1.72. The fourth-order valence-electron chi connectivity index (χ4n) is 3.08. The van der Waals surface area contributed by atoms with Gasteiger partial charge >= 0.3 is 5.97 Å². The second kappa shape index (κ2) is 7.53. The highest BCUT2D eigenvalue weighted by Crippen LogP contribution is 2.22. The minimum absolute atomic E-state index is 0.115. The number of rotatable bonds is 5. The molecule has 1 amide bonds. The second-order valence-corrected chi connectivity index (χ2v) is 8.23. The SMILES string of the molecule is Cc1coc(CC(=O)O)c1C(=O)N1CCN(S(=O)(=O)c2ccccc2)CC1. The molecule has 8 nitrogen and oxygen atoms in total. The van der Waals surface area contributed by atoms with Crippen LogP contribution < -0.4 is 0 Å². The minimum Gasteiger partial charge on any atom is -0.481 e. The molecule has 2 heterocycles. The summed E-state index contributed by atoms with van der Waals surface area (Å²) in [6.45, 7) is 2.48. The van der Waals surface area contributed by atoms with E-state index in [4.69, 9.17) is 9.52 Å².